The molecule has 0 bridgehead atoms. The fraction of sp³-hybridized carbons (Fsp3) is 0.818. The number of hydrogen-bond acceptors (Lipinski definition) is 3. The fourth-order valence-electron chi connectivity index (χ4n) is 3.84. The van der Waals surface area contributed by atoms with Crippen LogP contribution in [-0.4, -0.2) is 34.6 Å². The van der Waals surface area contributed by atoms with Crippen LogP contribution in [0.2, 0.25) is 0 Å². The minimum Gasteiger partial charge on any atom is -0.393 e. The van der Waals surface area contributed by atoms with Gasteiger partial charge in [-0.05, 0) is 78.1 Å². The van der Waals surface area contributed by atoms with Gasteiger partial charge in [-0.15, -0.1) is 0 Å². The van der Waals surface area contributed by atoms with E-state index >= 15 is 0 Å². The lowest BCUT2D eigenvalue weighted by molar-refractivity contribution is -0.0584. The fourth-order valence-corrected chi connectivity index (χ4v) is 3.84. The first-order valence-corrected chi connectivity index (χ1v) is 10.3. The number of aliphatic hydroxyl groups is 2. The molecule has 25 heavy (non-hydrogen) atoms. The van der Waals surface area contributed by atoms with E-state index in [9.17, 15) is 10.2 Å². The molecule has 2 rings (SSSR count). The van der Waals surface area contributed by atoms with Gasteiger partial charge in [0.15, 0.2) is 0 Å². The van der Waals surface area contributed by atoms with Crippen LogP contribution in [0.25, 0.3) is 0 Å². The standard InChI is InChI=1S/C22H38O3/c1-22(2,24)17-25-21-12-5-3-4-8-18(9-7-13-21)14-15-19-10-6-11-20(23)16-19/h14-15,20-21,23-24H,3-13,16-17H2,1-2H3/b18-14-,19-15+/t20-,21+/m0/s1. The van der Waals surface area contributed by atoms with Gasteiger partial charge in [0.25, 0.3) is 0 Å². The number of hydrogen-bond donors (Lipinski definition) is 2. The predicted molar refractivity (Wildman–Crippen MR) is 104 cm³/mol. The van der Waals surface area contributed by atoms with Crippen LogP contribution >= 0.6 is 0 Å². The zero-order chi connectivity index (χ0) is 18.1. The maximum Gasteiger partial charge on any atom is 0.0824 e. The first-order valence-electron chi connectivity index (χ1n) is 10.3. The molecule has 0 radical (unpaired) electrons. The van der Waals surface area contributed by atoms with Gasteiger partial charge in [-0.25, -0.2) is 0 Å². The minimum atomic E-state index is -0.739. The molecule has 0 amide bonds. The largest absolute Gasteiger partial charge is 0.393 e. The van der Waals surface area contributed by atoms with E-state index in [4.69, 9.17) is 4.74 Å². The first-order chi connectivity index (χ1) is 11.9. The van der Waals surface area contributed by atoms with Gasteiger partial charge in [0.2, 0.25) is 0 Å². The van der Waals surface area contributed by atoms with Gasteiger partial charge in [-0.1, -0.05) is 36.1 Å². The lowest BCUT2D eigenvalue weighted by atomic mass is 9.91. The summed E-state index contributed by atoms with van der Waals surface area (Å²) in [5.74, 6) is 0. The maximum atomic E-state index is 9.87. The second-order valence-electron chi connectivity index (χ2n) is 8.64. The van der Waals surface area contributed by atoms with Gasteiger partial charge >= 0.3 is 0 Å². The van der Waals surface area contributed by atoms with E-state index in [-0.39, 0.29) is 12.2 Å². The highest BCUT2D eigenvalue weighted by Gasteiger charge is 2.18. The molecule has 3 heteroatoms. The van der Waals surface area contributed by atoms with Crippen LogP contribution in [0.3, 0.4) is 0 Å². The van der Waals surface area contributed by atoms with Crippen molar-refractivity contribution in [3.05, 3.63) is 23.3 Å². The van der Waals surface area contributed by atoms with E-state index in [1.54, 1.807) is 5.57 Å². The summed E-state index contributed by atoms with van der Waals surface area (Å²) in [7, 11) is 0. The van der Waals surface area contributed by atoms with E-state index in [2.05, 4.69) is 12.2 Å². The Kier molecular flexibility index (Phi) is 8.68. The van der Waals surface area contributed by atoms with Crippen molar-refractivity contribution in [3.63, 3.8) is 0 Å². The monoisotopic (exact) mass is 350 g/mol. The van der Waals surface area contributed by atoms with Crippen molar-refractivity contribution < 1.29 is 14.9 Å². The number of ether oxygens (including phenoxy) is 1. The minimum absolute atomic E-state index is 0.129. The SMILES string of the molecule is CC(C)(O)CO[C@@H]1CCCCC/C(=C/C=C2\CCC[C@H](O)C2)CCC1. The average Bonchev–Trinajstić information content (AvgIpc) is 2.55. The summed E-state index contributed by atoms with van der Waals surface area (Å²) in [6.45, 7) is 4.04. The summed E-state index contributed by atoms with van der Waals surface area (Å²) in [6, 6.07) is 0. The lowest BCUT2D eigenvalue weighted by Crippen LogP contribution is -2.29. The highest BCUT2D eigenvalue weighted by atomic mass is 16.5. The molecule has 2 N–H and O–H groups in total. The summed E-state index contributed by atoms with van der Waals surface area (Å²) >= 11 is 0. The predicted octanol–water partition coefficient (Wildman–Crippen LogP) is 5.06. The second kappa shape index (κ2) is 10.5. The van der Waals surface area contributed by atoms with Crippen LogP contribution in [0, 0.1) is 0 Å². The Morgan fingerprint density at radius 2 is 1.56 bits per heavy atom. The van der Waals surface area contributed by atoms with Crippen LogP contribution in [-0.2, 0) is 4.74 Å². The van der Waals surface area contributed by atoms with Gasteiger partial charge in [-0.3, -0.25) is 0 Å². The summed E-state index contributed by atoms with van der Waals surface area (Å²) in [5.41, 5.74) is 2.22. The molecule has 2 aliphatic rings. The van der Waals surface area contributed by atoms with Gasteiger partial charge in [0, 0.05) is 0 Å². The molecule has 0 aromatic carbocycles. The molecular weight excluding hydrogens is 312 g/mol. The van der Waals surface area contributed by atoms with E-state index in [0.29, 0.717) is 6.61 Å². The Morgan fingerprint density at radius 1 is 0.920 bits per heavy atom. The smallest absolute Gasteiger partial charge is 0.0824 e. The zero-order valence-corrected chi connectivity index (χ0v) is 16.3. The number of aliphatic hydroxyl groups excluding tert-OH is 1. The van der Waals surface area contributed by atoms with Gasteiger partial charge < -0.3 is 14.9 Å². The topological polar surface area (TPSA) is 49.7 Å². The highest BCUT2D eigenvalue weighted by Crippen LogP contribution is 2.26. The molecule has 2 fully saturated rings. The molecule has 144 valence electrons. The third-order valence-corrected chi connectivity index (χ3v) is 5.31. The molecule has 3 nitrogen and oxygen atoms in total. The van der Waals surface area contributed by atoms with E-state index in [1.807, 2.05) is 13.8 Å². The van der Waals surface area contributed by atoms with Crippen molar-refractivity contribution in [2.24, 2.45) is 0 Å². The van der Waals surface area contributed by atoms with Crippen molar-refractivity contribution in [3.8, 4) is 0 Å². The summed E-state index contributed by atoms with van der Waals surface area (Å²) < 4.78 is 5.97. The average molecular weight is 351 g/mol. The molecule has 2 atom stereocenters. The quantitative estimate of drug-likeness (QED) is 0.744. The Morgan fingerprint density at radius 3 is 2.32 bits per heavy atom. The molecule has 0 saturated heterocycles. The summed E-state index contributed by atoms with van der Waals surface area (Å²) in [6.07, 6.45) is 18.3. The van der Waals surface area contributed by atoms with E-state index in [1.165, 1.54) is 31.3 Å². The maximum absolute atomic E-state index is 9.87. The molecule has 0 aromatic heterocycles. The summed E-state index contributed by atoms with van der Waals surface area (Å²) in [5, 5.41) is 19.7. The van der Waals surface area contributed by atoms with Crippen molar-refractivity contribution in [2.45, 2.75) is 109 Å². The highest BCUT2D eigenvalue weighted by molar-refractivity contribution is 5.19. The van der Waals surface area contributed by atoms with Crippen LogP contribution < -0.4 is 0 Å². The Balaban J connectivity index is 1.85. The van der Waals surface area contributed by atoms with Crippen molar-refractivity contribution in [1.29, 1.82) is 0 Å². The van der Waals surface area contributed by atoms with Crippen LogP contribution in [0.15, 0.2) is 23.3 Å². The van der Waals surface area contributed by atoms with Crippen LogP contribution in [0.5, 0.6) is 0 Å². The Labute approximate surface area is 154 Å². The van der Waals surface area contributed by atoms with Gasteiger partial charge in [0.05, 0.1) is 24.4 Å². The van der Waals surface area contributed by atoms with Crippen LogP contribution in [0.1, 0.15) is 90.9 Å². The normalized spacial score (nSPS) is 30.6. The third-order valence-electron chi connectivity index (χ3n) is 5.31. The molecule has 0 aromatic rings. The van der Waals surface area contributed by atoms with Gasteiger partial charge in [0.1, 0.15) is 0 Å². The third kappa shape index (κ3) is 9.03. The van der Waals surface area contributed by atoms with Crippen LogP contribution in [0.4, 0.5) is 0 Å². The molecule has 2 aliphatic carbocycles. The molecule has 0 spiro atoms. The molecule has 0 heterocycles. The second-order valence-corrected chi connectivity index (χ2v) is 8.64. The Hall–Kier alpha value is -0.640. The molecule has 0 unspecified atom stereocenters. The van der Waals surface area contributed by atoms with Gasteiger partial charge in [-0.2, -0.15) is 0 Å². The zero-order valence-electron chi connectivity index (χ0n) is 16.3. The van der Waals surface area contributed by atoms with E-state index < -0.39 is 5.60 Å². The summed E-state index contributed by atoms with van der Waals surface area (Å²) in [4.78, 5) is 0. The molecule has 0 aliphatic heterocycles. The molecular formula is C22H38O3. The number of allylic oxidation sites excluding steroid dienone is 3. The first kappa shape index (κ1) is 20.7. The Bertz CT molecular complexity index is 445. The van der Waals surface area contributed by atoms with Crippen molar-refractivity contribution in [1.82, 2.24) is 0 Å². The lowest BCUT2D eigenvalue weighted by Gasteiger charge is -2.24. The van der Waals surface area contributed by atoms with E-state index in [0.717, 1.165) is 51.4 Å². The van der Waals surface area contributed by atoms with Crippen molar-refractivity contribution >= 4 is 0 Å². The van der Waals surface area contributed by atoms with Crippen molar-refractivity contribution in [2.75, 3.05) is 6.61 Å². The molecule has 2 saturated carbocycles. The number of rotatable bonds is 4.